The molecular weight excluding hydrogens is 830 g/mol. The minimum atomic E-state index is -1.95. The fourth-order valence-corrected chi connectivity index (χ4v) is 8.78. The van der Waals surface area contributed by atoms with Crippen LogP contribution in [-0.4, -0.2) is 87.2 Å². The average Bonchev–Trinajstić information content (AvgIpc) is 3.62. The Bertz CT molecular complexity index is 2690. The van der Waals surface area contributed by atoms with Crippen molar-refractivity contribution in [1.29, 1.82) is 0 Å². The van der Waals surface area contributed by atoms with Crippen molar-refractivity contribution in [1.82, 2.24) is 9.55 Å². The molecule has 8 rings (SSSR count). The number of aryl methyl sites for hydroxylation is 2. The van der Waals surface area contributed by atoms with E-state index < -0.39 is 76.8 Å². The molecule has 1 saturated heterocycles. The SMILES string of the molecule is CC[C@@]1(O)C(=O)OCc2c1cc1n(c2=O)Cc2c-1nc1ccc(OCc3ccc(O[C@@H]4OC(C(=O)OC)[C@@H](OC(C)=O)C(OC(C)=O)C4OC(C)=O)c([N+](=O)[O-])c3)c3c1c2CCC3. The van der Waals surface area contributed by atoms with E-state index in [0.717, 1.165) is 56.4 Å². The third-order valence-corrected chi connectivity index (χ3v) is 11.6. The van der Waals surface area contributed by atoms with Crippen molar-refractivity contribution in [3.8, 4) is 22.9 Å². The number of fused-ring (bicyclic) bond motifs is 5. The molecule has 4 aliphatic rings. The molecule has 4 aromatic rings. The van der Waals surface area contributed by atoms with Crippen molar-refractivity contribution in [2.24, 2.45) is 0 Å². The molecule has 5 heterocycles. The van der Waals surface area contributed by atoms with Crippen molar-refractivity contribution in [3.05, 3.63) is 90.2 Å². The van der Waals surface area contributed by atoms with E-state index in [0.29, 0.717) is 41.1 Å². The van der Waals surface area contributed by atoms with E-state index in [-0.39, 0.29) is 48.6 Å². The number of rotatable bonds is 11. The fourth-order valence-electron chi connectivity index (χ4n) is 8.78. The number of carbonyl (C=O) groups is 5. The van der Waals surface area contributed by atoms with Gasteiger partial charge >= 0.3 is 35.5 Å². The molecule has 1 N–H and O–H groups in total. The van der Waals surface area contributed by atoms with Crippen LogP contribution in [0.1, 0.15) is 73.9 Å². The zero-order valence-corrected chi connectivity index (χ0v) is 34.6. The zero-order valence-electron chi connectivity index (χ0n) is 34.6. The summed E-state index contributed by atoms with van der Waals surface area (Å²) in [6, 6.07) is 9.19. The number of hydrogen-bond donors (Lipinski definition) is 1. The lowest BCUT2D eigenvalue weighted by molar-refractivity contribution is -0.387. The summed E-state index contributed by atoms with van der Waals surface area (Å²) in [4.78, 5) is 92.5. The Balaban J connectivity index is 1.08. The third kappa shape index (κ3) is 7.47. The Morgan fingerprint density at radius 1 is 0.921 bits per heavy atom. The molecule has 330 valence electrons. The second kappa shape index (κ2) is 16.4. The van der Waals surface area contributed by atoms with Gasteiger partial charge in [-0.05, 0) is 61.1 Å². The first-order valence-electron chi connectivity index (χ1n) is 20.0. The molecule has 2 aromatic carbocycles. The number of nitro groups is 1. The average molecular weight is 872 g/mol. The molecule has 20 heteroatoms. The van der Waals surface area contributed by atoms with E-state index in [1.165, 1.54) is 18.2 Å². The van der Waals surface area contributed by atoms with Gasteiger partial charge in [0.1, 0.15) is 19.0 Å². The number of cyclic esters (lactones) is 1. The first kappa shape index (κ1) is 42.7. The summed E-state index contributed by atoms with van der Waals surface area (Å²) in [5.74, 6) is -4.46. The van der Waals surface area contributed by atoms with Crippen molar-refractivity contribution in [3.63, 3.8) is 0 Å². The molecule has 63 heavy (non-hydrogen) atoms. The molecule has 1 fully saturated rings. The van der Waals surface area contributed by atoms with Gasteiger partial charge in [-0.3, -0.25) is 29.3 Å². The van der Waals surface area contributed by atoms with Crippen LogP contribution in [0, 0.1) is 10.1 Å². The van der Waals surface area contributed by atoms with Crippen molar-refractivity contribution >= 4 is 46.4 Å². The number of ether oxygens (including phenoxy) is 8. The number of aliphatic hydroxyl groups is 1. The lowest BCUT2D eigenvalue weighted by atomic mass is 9.85. The summed E-state index contributed by atoms with van der Waals surface area (Å²) in [5.41, 5.74) is 2.44. The van der Waals surface area contributed by atoms with Crippen LogP contribution >= 0.6 is 0 Å². The lowest BCUT2D eigenvalue weighted by Crippen LogP contribution is -2.64. The summed E-state index contributed by atoms with van der Waals surface area (Å²) in [7, 11) is 1.02. The van der Waals surface area contributed by atoms with Crippen LogP contribution in [0.3, 0.4) is 0 Å². The maximum atomic E-state index is 13.8. The smallest absolute Gasteiger partial charge is 0.343 e. The first-order chi connectivity index (χ1) is 30.0. The van der Waals surface area contributed by atoms with Gasteiger partial charge in [0.15, 0.2) is 29.7 Å². The van der Waals surface area contributed by atoms with E-state index >= 15 is 0 Å². The number of aromatic nitrogens is 2. The van der Waals surface area contributed by atoms with Crippen LogP contribution in [-0.2, 0) is 90.6 Å². The molecule has 0 saturated carbocycles. The van der Waals surface area contributed by atoms with Crippen LogP contribution < -0.4 is 15.0 Å². The third-order valence-electron chi connectivity index (χ3n) is 11.6. The molecule has 0 spiro atoms. The predicted molar refractivity (Wildman–Crippen MR) is 212 cm³/mol. The molecule has 0 radical (unpaired) electrons. The molecule has 0 bridgehead atoms. The van der Waals surface area contributed by atoms with E-state index in [9.17, 15) is 44.0 Å². The second-order valence-electron chi connectivity index (χ2n) is 15.4. The molecule has 20 nitrogen and oxygen atoms in total. The van der Waals surface area contributed by atoms with Gasteiger partial charge < -0.3 is 47.6 Å². The number of nitro benzene ring substituents is 1. The fraction of sp³-hybridized carbons (Fsp3) is 0.419. The summed E-state index contributed by atoms with van der Waals surface area (Å²) in [6.07, 6.45) is -6.50. The normalized spacial score (nSPS) is 23.0. The topological polar surface area (TPSA) is 257 Å². The highest BCUT2D eigenvalue weighted by atomic mass is 16.7. The van der Waals surface area contributed by atoms with Crippen LogP contribution in [0.25, 0.3) is 22.3 Å². The number of benzene rings is 2. The largest absolute Gasteiger partial charge is 0.489 e. The standard InChI is InChI=1S/C43H41N3O17/c1-6-43(53)27-15-30-34-25(16-45(30)39(50)26(27)18-58-42(43)52)23-8-7-9-24-31(13-11-28(44-34)33(23)24)57-17-22-10-12-32(29(14-22)46(54)55)62-41-38(61-21(4)49)36(60-20(3)48)35(59-19(2)47)37(63-41)40(51)56-5/h10-15,35-38,41,53H,6-9,16-18H2,1-5H3/t35-,36?,37?,38?,41+,43-/m0/s1. The highest BCUT2D eigenvalue weighted by molar-refractivity contribution is 5.93. The maximum absolute atomic E-state index is 13.8. The Morgan fingerprint density at radius 3 is 2.29 bits per heavy atom. The van der Waals surface area contributed by atoms with Gasteiger partial charge in [0.05, 0.1) is 41.0 Å². The summed E-state index contributed by atoms with van der Waals surface area (Å²) < 4.78 is 45.6. The predicted octanol–water partition coefficient (Wildman–Crippen LogP) is 3.13. The van der Waals surface area contributed by atoms with Gasteiger partial charge in [-0.25, -0.2) is 14.6 Å². The Labute approximate surface area is 357 Å². The number of nitrogens with zero attached hydrogens (tertiary/aromatic N) is 3. The summed E-state index contributed by atoms with van der Waals surface area (Å²) in [5, 5.41) is 24.6. The molecule has 2 aromatic heterocycles. The lowest BCUT2D eigenvalue weighted by Gasteiger charge is -2.42. The van der Waals surface area contributed by atoms with Gasteiger partial charge in [0, 0.05) is 48.9 Å². The second-order valence-corrected chi connectivity index (χ2v) is 15.4. The van der Waals surface area contributed by atoms with Crippen LogP contribution in [0.15, 0.2) is 41.2 Å². The van der Waals surface area contributed by atoms with Gasteiger partial charge in [0.25, 0.3) is 5.56 Å². The summed E-state index contributed by atoms with van der Waals surface area (Å²) >= 11 is 0. The van der Waals surface area contributed by atoms with E-state index in [1.54, 1.807) is 29.7 Å². The molecule has 3 aliphatic heterocycles. The molecule has 0 amide bonds. The van der Waals surface area contributed by atoms with Crippen LogP contribution in [0.2, 0.25) is 0 Å². The van der Waals surface area contributed by atoms with Crippen molar-refractivity contribution in [2.45, 2.75) is 109 Å². The maximum Gasteiger partial charge on any atom is 0.343 e. The zero-order chi connectivity index (χ0) is 45.1. The Hall–Kier alpha value is -6.93. The van der Waals surface area contributed by atoms with Gasteiger partial charge in [-0.1, -0.05) is 13.0 Å². The minimum Gasteiger partial charge on any atom is -0.489 e. The molecular formula is C43H41N3O17. The highest BCUT2D eigenvalue weighted by Crippen LogP contribution is 2.44. The van der Waals surface area contributed by atoms with E-state index in [1.807, 2.05) is 0 Å². The monoisotopic (exact) mass is 871 g/mol. The number of pyridine rings is 2. The van der Waals surface area contributed by atoms with Gasteiger partial charge in [-0.2, -0.15) is 0 Å². The number of esters is 5. The number of hydrogen-bond acceptors (Lipinski definition) is 18. The molecule has 6 atom stereocenters. The number of methoxy groups -OCH3 is 1. The van der Waals surface area contributed by atoms with Crippen LogP contribution in [0.4, 0.5) is 5.69 Å². The van der Waals surface area contributed by atoms with Crippen molar-refractivity contribution in [2.75, 3.05) is 7.11 Å². The van der Waals surface area contributed by atoms with Crippen LogP contribution in [0.5, 0.6) is 11.5 Å². The highest BCUT2D eigenvalue weighted by Gasteiger charge is 2.56. The van der Waals surface area contributed by atoms with Gasteiger partial charge in [-0.15, -0.1) is 0 Å². The summed E-state index contributed by atoms with van der Waals surface area (Å²) in [6.45, 7) is 4.61. The Kier molecular flexibility index (Phi) is 11.1. The number of carbonyl (C=O) groups excluding carboxylic acids is 5. The Morgan fingerprint density at radius 2 is 1.60 bits per heavy atom. The van der Waals surface area contributed by atoms with E-state index in [2.05, 4.69) is 0 Å². The molecule has 1 aliphatic carbocycles. The quantitative estimate of drug-likeness (QED) is 0.0865. The molecule has 3 unspecified atom stereocenters. The van der Waals surface area contributed by atoms with Crippen molar-refractivity contribution < 1.29 is 71.9 Å². The first-order valence-corrected chi connectivity index (χ1v) is 20.0. The van der Waals surface area contributed by atoms with E-state index in [4.69, 9.17) is 42.9 Å². The van der Waals surface area contributed by atoms with Gasteiger partial charge in [0.2, 0.25) is 12.4 Å². The minimum absolute atomic E-state index is 0.0225.